The molecule has 3 rings (SSSR count). The number of para-hydroxylation sites is 2. The van der Waals surface area contributed by atoms with Crippen LogP contribution in [0.25, 0.3) is 0 Å². The van der Waals surface area contributed by atoms with E-state index in [0.29, 0.717) is 13.1 Å². The average molecular weight is 315 g/mol. The first-order valence-electron chi connectivity index (χ1n) is 7.71. The standard InChI is InChI=1S/C16H21N5O2/c1-13(21-12-17-11-18-21)16(22)20-9-7-19(8-10-20)14-5-3-4-6-15(14)23-2/h3-6,11-13H,7-10H2,1-2H3. The lowest BCUT2D eigenvalue weighted by Crippen LogP contribution is -2.50. The number of benzene rings is 1. The molecule has 1 aliphatic rings. The lowest BCUT2D eigenvalue weighted by molar-refractivity contribution is -0.134. The van der Waals surface area contributed by atoms with E-state index in [9.17, 15) is 4.79 Å². The Labute approximate surface area is 135 Å². The summed E-state index contributed by atoms with van der Waals surface area (Å²) in [6, 6.07) is 7.65. The minimum absolute atomic E-state index is 0.0789. The molecule has 0 spiro atoms. The van der Waals surface area contributed by atoms with Gasteiger partial charge in [0, 0.05) is 26.2 Å². The van der Waals surface area contributed by atoms with Crippen LogP contribution in [0.1, 0.15) is 13.0 Å². The summed E-state index contributed by atoms with van der Waals surface area (Å²) in [7, 11) is 1.68. The lowest BCUT2D eigenvalue weighted by Gasteiger charge is -2.37. The van der Waals surface area contributed by atoms with Crippen LogP contribution < -0.4 is 9.64 Å². The van der Waals surface area contributed by atoms with Gasteiger partial charge in [-0.2, -0.15) is 5.10 Å². The van der Waals surface area contributed by atoms with Crippen molar-refractivity contribution in [1.29, 1.82) is 0 Å². The zero-order valence-corrected chi connectivity index (χ0v) is 13.4. The summed E-state index contributed by atoms with van der Waals surface area (Å²) < 4.78 is 7.01. The van der Waals surface area contributed by atoms with E-state index >= 15 is 0 Å². The second-order valence-electron chi connectivity index (χ2n) is 5.54. The van der Waals surface area contributed by atoms with Crippen LogP contribution in [0.2, 0.25) is 0 Å². The van der Waals surface area contributed by atoms with Crippen LogP contribution in [0.4, 0.5) is 5.69 Å². The Hall–Kier alpha value is -2.57. The first kappa shape index (κ1) is 15.3. The number of anilines is 1. The SMILES string of the molecule is COc1ccccc1N1CCN(C(=O)C(C)n2cncn2)CC1. The number of rotatable bonds is 4. The number of aromatic nitrogens is 3. The van der Waals surface area contributed by atoms with Crippen molar-refractivity contribution in [3.8, 4) is 5.75 Å². The number of hydrogen-bond donors (Lipinski definition) is 0. The molecule has 23 heavy (non-hydrogen) atoms. The van der Waals surface area contributed by atoms with Gasteiger partial charge in [0.2, 0.25) is 5.91 Å². The quantitative estimate of drug-likeness (QED) is 0.848. The first-order chi connectivity index (χ1) is 11.2. The number of nitrogens with zero attached hydrogens (tertiary/aromatic N) is 5. The second-order valence-corrected chi connectivity index (χ2v) is 5.54. The van der Waals surface area contributed by atoms with Gasteiger partial charge in [-0.25, -0.2) is 9.67 Å². The second kappa shape index (κ2) is 6.68. The molecule has 7 heteroatoms. The molecule has 0 bridgehead atoms. The molecule has 1 fully saturated rings. The van der Waals surface area contributed by atoms with Gasteiger partial charge in [0.05, 0.1) is 12.8 Å². The molecular weight excluding hydrogens is 294 g/mol. The van der Waals surface area contributed by atoms with Crippen molar-refractivity contribution in [1.82, 2.24) is 19.7 Å². The predicted molar refractivity (Wildman–Crippen MR) is 86.5 cm³/mol. The summed E-state index contributed by atoms with van der Waals surface area (Å²) in [6.45, 7) is 4.81. The Morgan fingerprint density at radius 2 is 1.96 bits per heavy atom. The first-order valence-corrected chi connectivity index (χ1v) is 7.71. The minimum atomic E-state index is -0.324. The van der Waals surface area contributed by atoms with Crippen LogP contribution in [0, 0.1) is 0 Å². The molecule has 1 aromatic carbocycles. The summed E-state index contributed by atoms with van der Waals surface area (Å²) >= 11 is 0. The normalized spacial score (nSPS) is 16.3. The molecule has 0 aliphatic carbocycles. The number of methoxy groups -OCH3 is 1. The Morgan fingerprint density at radius 1 is 1.22 bits per heavy atom. The molecule has 1 amide bonds. The van der Waals surface area contributed by atoms with E-state index in [1.165, 1.54) is 6.33 Å². The van der Waals surface area contributed by atoms with Gasteiger partial charge in [-0.3, -0.25) is 4.79 Å². The van der Waals surface area contributed by atoms with Crippen molar-refractivity contribution in [2.75, 3.05) is 38.2 Å². The summed E-state index contributed by atoms with van der Waals surface area (Å²) in [5, 5.41) is 4.05. The van der Waals surface area contributed by atoms with Crippen LogP contribution in [0.5, 0.6) is 5.75 Å². The highest BCUT2D eigenvalue weighted by atomic mass is 16.5. The molecule has 7 nitrogen and oxygen atoms in total. The predicted octanol–water partition coefficient (Wildman–Crippen LogP) is 1.20. The Kier molecular flexibility index (Phi) is 4.45. The molecule has 1 unspecified atom stereocenters. The van der Waals surface area contributed by atoms with Crippen molar-refractivity contribution in [3.05, 3.63) is 36.9 Å². The van der Waals surface area contributed by atoms with E-state index in [-0.39, 0.29) is 11.9 Å². The molecule has 0 radical (unpaired) electrons. The van der Waals surface area contributed by atoms with E-state index in [0.717, 1.165) is 24.5 Å². The fraction of sp³-hybridized carbons (Fsp3) is 0.438. The maximum absolute atomic E-state index is 12.6. The maximum atomic E-state index is 12.6. The number of carbonyl (C=O) groups is 1. The molecule has 122 valence electrons. The summed E-state index contributed by atoms with van der Waals surface area (Å²) in [4.78, 5) is 20.6. The third-order valence-electron chi connectivity index (χ3n) is 4.21. The van der Waals surface area contributed by atoms with Crippen molar-refractivity contribution < 1.29 is 9.53 Å². The Morgan fingerprint density at radius 3 is 2.61 bits per heavy atom. The molecule has 2 aromatic rings. The smallest absolute Gasteiger partial charge is 0.247 e. The Bertz CT molecular complexity index is 650. The van der Waals surface area contributed by atoms with Gasteiger partial charge in [-0.1, -0.05) is 12.1 Å². The van der Waals surface area contributed by atoms with Crippen LogP contribution in [0.15, 0.2) is 36.9 Å². The van der Waals surface area contributed by atoms with Crippen molar-refractivity contribution in [2.45, 2.75) is 13.0 Å². The number of amides is 1. The van der Waals surface area contributed by atoms with Crippen LogP contribution >= 0.6 is 0 Å². The van der Waals surface area contributed by atoms with Gasteiger partial charge in [0.25, 0.3) is 0 Å². The molecule has 1 saturated heterocycles. The highest BCUT2D eigenvalue weighted by Crippen LogP contribution is 2.28. The largest absolute Gasteiger partial charge is 0.495 e. The molecular formula is C16H21N5O2. The van der Waals surface area contributed by atoms with Gasteiger partial charge < -0.3 is 14.5 Å². The highest BCUT2D eigenvalue weighted by Gasteiger charge is 2.27. The number of carbonyl (C=O) groups excluding carboxylic acids is 1. The maximum Gasteiger partial charge on any atom is 0.247 e. The van der Waals surface area contributed by atoms with Crippen LogP contribution in [-0.4, -0.2) is 58.9 Å². The van der Waals surface area contributed by atoms with Gasteiger partial charge >= 0.3 is 0 Å². The molecule has 1 aromatic heterocycles. The Balaban J connectivity index is 1.63. The third kappa shape index (κ3) is 3.13. The summed E-state index contributed by atoms with van der Waals surface area (Å²) in [5.41, 5.74) is 1.08. The van der Waals surface area contributed by atoms with Crippen molar-refractivity contribution in [3.63, 3.8) is 0 Å². The summed E-state index contributed by atoms with van der Waals surface area (Å²) in [5.74, 6) is 0.943. The zero-order valence-electron chi connectivity index (χ0n) is 13.4. The molecule has 0 N–H and O–H groups in total. The van der Waals surface area contributed by atoms with Gasteiger partial charge in [0.1, 0.15) is 24.4 Å². The monoisotopic (exact) mass is 315 g/mol. The highest BCUT2D eigenvalue weighted by molar-refractivity contribution is 5.80. The van der Waals surface area contributed by atoms with E-state index in [2.05, 4.69) is 15.0 Å². The fourth-order valence-electron chi connectivity index (χ4n) is 2.85. The number of piperazine rings is 1. The fourth-order valence-corrected chi connectivity index (χ4v) is 2.85. The molecule has 2 heterocycles. The minimum Gasteiger partial charge on any atom is -0.495 e. The zero-order chi connectivity index (χ0) is 16.2. The summed E-state index contributed by atoms with van der Waals surface area (Å²) in [6.07, 6.45) is 3.02. The van der Waals surface area contributed by atoms with E-state index in [4.69, 9.17) is 4.74 Å². The number of hydrogen-bond acceptors (Lipinski definition) is 5. The van der Waals surface area contributed by atoms with Crippen LogP contribution in [-0.2, 0) is 4.79 Å². The van der Waals surface area contributed by atoms with Crippen molar-refractivity contribution in [2.24, 2.45) is 0 Å². The van der Waals surface area contributed by atoms with Crippen LogP contribution in [0.3, 0.4) is 0 Å². The van der Waals surface area contributed by atoms with E-state index in [1.54, 1.807) is 18.1 Å². The van der Waals surface area contributed by atoms with Gasteiger partial charge in [-0.05, 0) is 19.1 Å². The average Bonchev–Trinajstić information content (AvgIpc) is 3.15. The molecule has 1 atom stereocenters. The van der Waals surface area contributed by atoms with Gasteiger partial charge in [-0.15, -0.1) is 0 Å². The lowest BCUT2D eigenvalue weighted by atomic mass is 10.2. The molecule has 0 saturated carbocycles. The van der Waals surface area contributed by atoms with Crippen molar-refractivity contribution >= 4 is 11.6 Å². The topological polar surface area (TPSA) is 63.5 Å². The van der Waals surface area contributed by atoms with E-state index in [1.807, 2.05) is 36.1 Å². The third-order valence-corrected chi connectivity index (χ3v) is 4.21. The molecule has 1 aliphatic heterocycles. The number of ether oxygens (including phenoxy) is 1. The van der Waals surface area contributed by atoms with Gasteiger partial charge in [0.15, 0.2) is 0 Å². The van der Waals surface area contributed by atoms with E-state index < -0.39 is 0 Å².